The molecule has 0 fully saturated rings. The van der Waals surface area contributed by atoms with Gasteiger partial charge in [0.15, 0.2) is 0 Å². The number of aliphatic hydroxyl groups excluding tert-OH is 2. The van der Waals surface area contributed by atoms with Crippen LogP contribution in [-0.2, 0) is 20.0 Å². The van der Waals surface area contributed by atoms with Gasteiger partial charge in [-0.2, -0.15) is 8.42 Å². The lowest BCUT2D eigenvalue weighted by Crippen LogP contribution is -2.34. The largest absolute Gasteiger partial charge is 0.394 e. The summed E-state index contributed by atoms with van der Waals surface area (Å²) in [5.74, 6) is 0. The van der Waals surface area contributed by atoms with Crippen LogP contribution >= 0.6 is 0 Å². The molecule has 280 valence electrons. The van der Waals surface area contributed by atoms with E-state index >= 15 is 0 Å². The van der Waals surface area contributed by atoms with Gasteiger partial charge in [-0.25, -0.2) is 0 Å². The SMILES string of the molecule is CCCCCCCCCCCCC/C=C/[C@@H](O)[C@H](N)C=O.CCCCCCCCCCCCC/C=C/[C@@H](O)[C@H](N)C=O.O=S(=O)(O)O. The Hall–Kier alpha value is -1.47. The van der Waals surface area contributed by atoms with Gasteiger partial charge >= 0.3 is 10.4 Å². The number of rotatable bonds is 30. The Kier molecular flexibility index (Phi) is 41.4. The van der Waals surface area contributed by atoms with Crippen molar-refractivity contribution in [3.63, 3.8) is 0 Å². The van der Waals surface area contributed by atoms with Crippen LogP contribution in [0.2, 0.25) is 0 Å². The molecule has 8 N–H and O–H groups in total. The van der Waals surface area contributed by atoms with E-state index < -0.39 is 34.7 Å². The number of hydrogen-bond donors (Lipinski definition) is 6. The van der Waals surface area contributed by atoms with Crippen LogP contribution in [0.4, 0.5) is 0 Å². The summed E-state index contributed by atoms with van der Waals surface area (Å²) >= 11 is 0. The molecule has 0 saturated carbocycles. The average Bonchev–Trinajstić information content (AvgIpc) is 3.03. The molecule has 4 atom stereocenters. The van der Waals surface area contributed by atoms with E-state index in [-0.39, 0.29) is 0 Å². The van der Waals surface area contributed by atoms with Crippen molar-refractivity contribution in [2.75, 3.05) is 0 Å². The number of nitrogens with two attached hydrogens (primary N) is 2. The minimum absolute atomic E-state index is 0.581. The average molecular weight is 693 g/mol. The van der Waals surface area contributed by atoms with Gasteiger partial charge < -0.3 is 31.3 Å². The predicted octanol–water partition coefficient (Wildman–Crippen LogP) is 7.61. The summed E-state index contributed by atoms with van der Waals surface area (Å²) in [6.45, 7) is 4.51. The maximum Gasteiger partial charge on any atom is 0.394 e. The van der Waals surface area contributed by atoms with Gasteiger partial charge in [0.05, 0.1) is 24.3 Å². The third-order valence-corrected chi connectivity index (χ3v) is 7.72. The molecule has 0 aromatic rings. The normalized spacial score (nSPS) is 14.1. The minimum atomic E-state index is -4.67. The van der Waals surface area contributed by atoms with Gasteiger partial charge in [0.25, 0.3) is 0 Å². The highest BCUT2D eigenvalue weighted by molar-refractivity contribution is 7.79. The van der Waals surface area contributed by atoms with Crippen molar-refractivity contribution in [2.45, 2.75) is 192 Å². The fourth-order valence-corrected chi connectivity index (χ4v) is 4.74. The first-order valence-corrected chi connectivity index (χ1v) is 19.6. The van der Waals surface area contributed by atoms with Crippen LogP contribution in [0.1, 0.15) is 168 Å². The summed E-state index contributed by atoms with van der Waals surface area (Å²) in [5.41, 5.74) is 10.8. The zero-order valence-corrected chi connectivity index (χ0v) is 30.5. The Balaban J connectivity index is -0.000000719. The van der Waals surface area contributed by atoms with Crippen LogP contribution in [0.15, 0.2) is 24.3 Å². The molecule has 0 radical (unpaired) electrons. The van der Waals surface area contributed by atoms with Crippen LogP contribution in [0.5, 0.6) is 0 Å². The molecule has 0 heterocycles. The van der Waals surface area contributed by atoms with E-state index in [1.165, 1.54) is 128 Å². The Morgan fingerprint density at radius 3 is 0.915 bits per heavy atom. The summed E-state index contributed by atoms with van der Waals surface area (Å²) in [4.78, 5) is 20.7. The first-order chi connectivity index (χ1) is 22.4. The first kappa shape index (κ1) is 49.9. The molecule has 0 rings (SSSR count). The molecule has 0 unspecified atom stereocenters. The summed E-state index contributed by atoms with van der Waals surface area (Å²) in [6, 6.07) is -1.59. The number of allylic oxidation sites excluding steroid dienone is 2. The number of unbranched alkanes of at least 4 members (excludes halogenated alkanes) is 22. The van der Waals surface area contributed by atoms with Crippen LogP contribution < -0.4 is 11.5 Å². The Morgan fingerprint density at radius 1 is 0.489 bits per heavy atom. The van der Waals surface area contributed by atoms with Gasteiger partial charge in [-0.05, 0) is 25.7 Å². The Morgan fingerprint density at radius 2 is 0.702 bits per heavy atom. The monoisotopic (exact) mass is 693 g/mol. The summed E-state index contributed by atoms with van der Waals surface area (Å²) < 4.78 is 31.6. The number of carbonyl (C=O) groups is 2. The van der Waals surface area contributed by atoms with Crippen molar-refractivity contribution in [3.05, 3.63) is 24.3 Å². The molecule has 0 bridgehead atoms. The van der Waals surface area contributed by atoms with E-state index in [4.69, 9.17) is 29.0 Å². The van der Waals surface area contributed by atoms with Crippen molar-refractivity contribution in [1.82, 2.24) is 0 Å². The molecule has 0 aromatic carbocycles. The lowest BCUT2D eigenvalue weighted by atomic mass is 10.0. The Bertz CT molecular complexity index is 764. The summed E-state index contributed by atoms with van der Waals surface area (Å²) in [6.07, 6.45) is 38.0. The van der Waals surface area contributed by atoms with Crippen molar-refractivity contribution < 1.29 is 37.3 Å². The molecule has 0 amide bonds. The molecular formula is C36H72N2O8S. The van der Waals surface area contributed by atoms with Crippen LogP contribution in [0, 0.1) is 0 Å². The van der Waals surface area contributed by atoms with Crippen molar-refractivity contribution in [1.29, 1.82) is 0 Å². The molecule has 0 aliphatic heterocycles. The third kappa shape index (κ3) is 49.0. The maximum atomic E-state index is 10.4. The molecule has 0 aromatic heterocycles. The minimum Gasteiger partial charge on any atom is -0.387 e. The van der Waals surface area contributed by atoms with Crippen molar-refractivity contribution in [3.8, 4) is 0 Å². The van der Waals surface area contributed by atoms with Crippen molar-refractivity contribution in [2.24, 2.45) is 11.5 Å². The zero-order chi connectivity index (χ0) is 36.0. The van der Waals surface area contributed by atoms with E-state index in [1.807, 2.05) is 12.2 Å². The second-order valence-electron chi connectivity index (χ2n) is 12.4. The standard InChI is InChI=1S/2C18H35NO2.H2O4S/c2*1-2-3-4-5-6-7-8-9-10-11-12-13-14-15-18(21)17(19)16-20;1-5(2,3)4/h2*14-18,21H,2-13,19H2,1H3;(H2,1,2,3,4)/b2*15-14+;/t2*17-,18-;/m11./s1. The number of aliphatic hydroxyl groups is 2. The summed E-state index contributed by atoms with van der Waals surface area (Å²) in [7, 11) is -4.67. The Labute approximate surface area is 287 Å². The molecule has 0 aliphatic rings. The first-order valence-electron chi connectivity index (χ1n) is 18.3. The smallest absolute Gasteiger partial charge is 0.387 e. The molecule has 0 saturated heterocycles. The highest BCUT2D eigenvalue weighted by Gasteiger charge is 2.09. The van der Waals surface area contributed by atoms with Crippen LogP contribution in [0.3, 0.4) is 0 Å². The predicted molar refractivity (Wildman–Crippen MR) is 195 cm³/mol. The molecule has 0 spiro atoms. The third-order valence-electron chi connectivity index (χ3n) is 7.72. The fraction of sp³-hybridized carbons (Fsp3) is 0.833. The van der Waals surface area contributed by atoms with Gasteiger partial charge in [-0.15, -0.1) is 0 Å². The van der Waals surface area contributed by atoms with Gasteiger partial charge in [-0.3, -0.25) is 9.11 Å². The van der Waals surface area contributed by atoms with Gasteiger partial charge in [-0.1, -0.05) is 167 Å². The molecule has 11 heteroatoms. The zero-order valence-electron chi connectivity index (χ0n) is 29.7. The van der Waals surface area contributed by atoms with E-state index in [1.54, 1.807) is 12.2 Å². The number of hydrogen-bond acceptors (Lipinski definition) is 8. The summed E-state index contributed by atoms with van der Waals surface area (Å²) in [5, 5.41) is 18.9. The quantitative estimate of drug-likeness (QED) is 0.0188. The lowest BCUT2D eigenvalue weighted by molar-refractivity contribution is -0.111. The van der Waals surface area contributed by atoms with Gasteiger partial charge in [0.1, 0.15) is 12.6 Å². The van der Waals surface area contributed by atoms with Gasteiger partial charge in [0, 0.05) is 0 Å². The van der Waals surface area contributed by atoms with Crippen molar-refractivity contribution >= 4 is 23.0 Å². The van der Waals surface area contributed by atoms with E-state index in [9.17, 15) is 19.8 Å². The van der Waals surface area contributed by atoms with Crippen LogP contribution in [-0.4, -0.2) is 64.6 Å². The second-order valence-corrected chi connectivity index (χ2v) is 13.3. The number of aldehydes is 2. The number of carbonyl (C=O) groups excluding carboxylic acids is 2. The molecule has 0 aliphatic carbocycles. The highest BCUT2D eigenvalue weighted by Crippen LogP contribution is 2.13. The lowest BCUT2D eigenvalue weighted by Gasteiger charge is -2.07. The maximum absolute atomic E-state index is 10.4. The molecule has 10 nitrogen and oxygen atoms in total. The molecular weight excluding hydrogens is 620 g/mol. The second kappa shape index (κ2) is 39.0. The van der Waals surface area contributed by atoms with E-state index in [0.29, 0.717) is 12.6 Å². The highest BCUT2D eigenvalue weighted by atomic mass is 32.3. The molecule has 47 heavy (non-hydrogen) atoms. The van der Waals surface area contributed by atoms with Crippen LogP contribution in [0.25, 0.3) is 0 Å². The fourth-order valence-electron chi connectivity index (χ4n) is 4.74. The van der Waals surface area contributed by atoms with E-state index in [0.717, 1.165) is 25.7 Å². The van der Waals surface area contributed by atoms with E-state index in [2.05, 4.69) is 13.8 Å². The van der Waals surface area contributed by atoms with Gasteiger partial charge in [0.2, 0.25) is 0 Å². The topological polar surface area (TPSA) is 201 Å².